The molecule has 0 saturated heterocycles. The molecule has 120 valence electrons. The van der Waals surface area contributed by atoms with Gasteiger partial charge < -0.3 is 15.3 Å². The van der Waals surface area contributed by atoms with Gasteiger partial charge in [-0.15, -0.1) is 0 Å². The van der Waals surface area contributed by atoms with E-state index in [1.165, 1.54) is 11.1 Å². The van der Waals surface area contributed by atoms with Crippen molar-refractivity contribution in [1.29, 1.82) is 0 Å². The molecule has 0 spiro atoms. The molecule has 0 radical (unpaired) electrons. The van der Waals surface area contributed by atoms with Crippen molar-refractivity contribution in [2.24, 2.45) is 5.92 Å². The SMILES string of the molecule is CN(C[C@@H]1CCCC[C@@H]1O)C(=O)NC[C@@H]1Cc2ccccc21. The number of hydrogen-bond donors (Lipinski definition) is 2. The molecule has 0 unspecified atom stereocenters. The number of fused-ring (bicyclic) bond motifs is 1. The second-order valence-corrected chi connectivity index (χ2v) is 6.78. The van der Waals surface area contributed by atoms with Gasteiger partial charge in [-0.3, -0.25) is 0 Å². The number of urea groups is 1. The van der Waals surface area contributed by atoms with Gasteiger partial charge in [0.05, 0.1) is 6.10 Å². The molecule has 0 heterocycles. The smallest absolute Gasteiger partial charge is 0.317 e. The van der Waals surface area contributed by atoms with Crippen molar-refractivity contribution in [3.8, 4) is 0 Å². The Labute approximate surface area is 132 Å². The largest absolute Gasteiger partial charge is 0.393 e. The summed E-state index contributed by atoms with van der Waals surface area (Å²) in [5.41, 5.74) is 2.77. The monoisotopic (exact) mass is 302 g/mol. The summed E-state index contributed by atoms with van der Waals surface area (Å²) in [6.07, 6.45) is 4.97. The summed E-state index contributed by atoms with van der Waals surface area (Å²) in [7, 11) is 1.82. The highest BCUT2D eigenvalue weighted by atomic mass is 16.3. The van der Waals surface area contributed by atoms with Crippen LogP contribution < -0.4 is 5.32 Å². The van der Waals surface area contributed by atoms with Crippen LogP contribution in [0.15, 0.2) is 24.3 Å². The zero-order valence-electron chi connectivity index (χ0n) is 13.3. The van der Waals surface area contributed by atoms with Gasteiger partial charge >= 0.3 is 6.03 Å². The molecule has 1 saturated carbocycles. The van der Waals surface area contributed by atoms with Gasteiger partial charge in [-0.05, 0) is 30.4 Å². The van der Waals surface area contributed by atoms with Gasteiger partial charge in [0, 0.05) is 32.0 Å². The van der Waals surface area contributed by atoms with Crippen molar-refractivity contribution in [3.05, 3.63) is 35.4 Å². The second-order valence-electron chi connectivity index (χ2n) is 6.78. The summed E-state index contributed by atoms with van der Waals surface area (Å²) < 4.78 is 0. The lowest BCUT2D eigenvalue weighted by molar-refractivity contribution is 0.0565. The van der Waals surface area contributed by atoms with Crippen LogP contribution in [0.4, 0.5) is 4.79 Å². The first-order valence-electron chi connectivity index (χ1n) is 8.40. The third-order valence-corrected chi connectivity index (χ3v) is 5.18. The number of aliphatic hydroxyl groups excluding tert-OH is 1. The van der Waals surface area contributed by atoms with Crippen molar-refractivity contribution in [3.63, 3.8) is 0 Å². The molecule has 1 aromatic carbocycles. The third-order valence-electron chi connectivity index (χ3n) is 5.18. The van der Waals surface area contributed by atoms with E-state index in [0.29, 0.717) is 19.0 Å². The molecule has 1 aromatic rings. The molecule has 3 rings (SSSR count). The molecule has 3 atom stereocenters. The number of hydrogen-bond acceptors (Lipinski definition) is 2. The van der Waals surface area contributed by atoms with E-state index >= 15 is 0 Å². The van der Waals surface area contributed by atoms with Crippen LogP contribution in [0.2, 0.25) is 0 Å². The van der Waals surface area contributed by atoms with E-state index in [4.69, 9.17) is 0 Å². The number of nitrogens with zero attached hydrogens (tertiary/aromatic N) is 1. The number of benzene rings is 1. The van der Waals surface area contributed by atoms with Gasteiger partial charge in [0.2, 0.25) is 0 Å². The Morgan fingerprint density at radius 1 is 1.32 bits per heavy atom. The Bertz CT molecular complexity index is 532. The minimum atomic E-state index is -0.248. The van der Waals surface area contributed by atoms with E-state index in [2.05, 4.69) is 29.6 Å². The van der Waals surface area contributed by atoms with Crippen LogP contribution in [0.3, 0.4) is 0 Å². The fourth-order valence-electron chi connectivity index (χ4n) is 3.73. The first kappa shape index (κ1) is 15.3. The number of aliphatic hydroxyl groups is 1. The average molecular weight is 302 g/mol. The van der Waals surface area contributed by atoms with Crippen LogP contribution in [0.5, 0.6) is 0 Å². The zero-order chi connectivity index (χ0) is 15.5. The van der Waals surface area contributed by atoms with Crippen molar-refractivity contribution in [1.82, 2.24) is 10.2 Å². The van der Waals surface area contributed by atoms with E-state index in [9.17, 15) is 9.90 Å². The molecular weight excluding hydrogens is 276 g/mol. The van der Waals surface area contributed by atoms with Gasteiger partial charge in [-0.1, -0.05) is 37.1 Å². The molecule has 22 heavy (non-hydrogen) atoms. The van der Waals surface area contributed by atoms with Crippen LogP contribution >= 0.6 is 0 Å². The maximum atomic E-state index is 12.2. The molecule has 0 bridgehead atoms. The molecule has 2 aliphatic carbocycles. The predicted molar refractivity (Wildman–Crippen MR) is 86.9 cm³/mol. The summed E-state index contributed by atoms with van der Waals surface area (Å²) in [6, 6.07) is 8.41. The summed E-state index contributed by atoms with van der Waals surface area (Å²) in [6.45, 7) is 1.35. The third kappa shape index (κ3) is 3.27. The fraction of sp³-hybridized carbons (Fsp3) is 0.611. The highest BCUT2D eigenvalue weighted by Gasteiger charge is 2.28. The standard InChI is InChI=1S/C18H26N2O2/c1-20(12-14-7-3-5-9-17(14)21)18(22)19-11-15-10-13-6-2-4-8-16(13)15/h2,4,6,8,14-15,17,21H,3,5,7,9-12H2,1H3,(H,19,22)/t14-,15-,17-/m0/s1. The van der Waals surface area contributed by atoms with E-state index in [0.717, 1.165) is 32.1 Å². The summed E-state index contributed by atoms with van der Waals surface area (Å²) in [5, 5.41) is 13.1. The van der Waals surface area contributed by atoms with Crippen molar-refractivity contribution >= 4 is 6.03 Å². The number of nitrogens with one attached hydrogen (secondary N) is 1. The van der Waals surface area contributed by atoms with Crippen LogP contribution in [0, 0.1) is 5.92 Å². The second kappa shape index (κ2) is 6.69. The molecule has 2 amide bonds. The van der Waals surface area contributed by atoms with Gasteiger partial charge in [0.25, 0.3) is 0 Å². The van der Waals surface area contributed by atoms with Crippen molar-refractivity contribution in [2.75, 3.05) is 20.1 Å². The maximum Gasteiger partial charge on any atom is 0.317 e. The van der Waals surface area contributed by atoms with Gasteiger partial charge in [0.15, 0.2) is 0 Å². The molecule has 0 aliphatic heterocycles. The maximum absolute atomic E-state index is 12.2. The summed E-state index contributed by atoms with van der Waals surface area (Å²) in [4.78, 5) is 13.9. The fourth-order valence-corrected chi connectivity index (χ4v) is 3.73. The summed E-state index contributed by atoms with van der Waals surface area (Å²) >= 11 is 0. The average Bonchev–Trinajstić information content (AvgIpc) is 2.50. The van der Waals surface area contributed by atoms with E-state index in [1.807, 2.05) is 7.05 Å². The van der Waals surface area contributed by atoms with E-state index < -0.39 is 0 Å². The Hall–Kier alpha value is -1.55. The number of amides is 2. The predicted octanol–water partition coefficient (Wildman–Crippen LogP) is 2.52. The Kier molecular flexibility index (Phi) is 4.67. The van der Waals surface area contributed by atoms with Crippen LogP contribution in [-0.2, 0) is 6.42 Å². The summed E-state index contributed by atoms with van der Waals surface area (Å²) in [5.74, 6) is 0.683. The lowest BCUT2D eigenvalue weighted by atomic mass is 9.78. The molecular formula is C18H26N2O2. The van der Waals surface area contributed by atoms with Gasteiger partial charge in [0.1, 0.15) is 0 Å². The highest BCUT2D eigenvalue weighted by molar-refractivity contribution is 5.74. The first-order valence-corrected chi connectivity index (χ1v) is 8.40. The molecule has 2 N–H and O–H groups in total. The first-order chi connectivity index (χ1) is 10.6. The van der Waals surface area contributed by atoms with Crippen molar-refractivity contribution in [2.45, 2.75) is 44.1 Å². The lowest BCUT2D eigenvalue weighted by Crippen LogP contribution is -2.44. The normalized spacial score (nSPS) is 26.7. The lowest BCUT2D eigenvalue weighted by Gasteiger charge is -2.33. The molecule has 0 aromatic heterocycles. The van der Waals surface area contributed by atoms with Crippen LogP contribution in [-0.4, -0.2) is 42.3 Å². The number of carbonyl (C=O) groups is 1. The Morgan fingerprint density at radius 2 is 2.09 bits per heavy atom. The van der Waals surface area contributed by atoms with Crippen LogP contribution in [0.1, 0.15) is 42.7 Å². The zero-order valence-corrected chi connectivity index (χ0v) is 13.3. The molecule has 2 aliphatic rings. The minimum absolute atomic E-state index is 0.0258. The highest BCUT2D eigenvalue weighted by Crippen LogP contribution is 2.34. The minimum Gasteiger partial charge on any atom is -0.393 e. The number of rotatable bonds is 4. The molecule has 4 heteroatoms. The van der Waals surface area contributed by atoms with Crippen LogP contribution in [0.25, 0.3) is 0 Å². The van der Waals surface area contributed by atoms with Gasteiger partial charge in [-0.25, -0.2) is 4.79 Å². The molecule has 4 nitrogen and oxygen atoms in total. The van der Waals surface area contributed by atoms with E-state index in [-0.39, 0.29) is 18.1 Å². The van der Waals surface area contributed by atoms with E-state index in [1.54, 1.807) is 4.90 Å². The Balaban J connectivity index is 1.44. The Morgan fingerprint density at radius 3 is 2.86 bits per heavy atom. The topological polar surface area (TPSA) is 52.6 Å². The van der Waals surface area contributed by atoms with Gasteiger partial charge in [-0.2, -0.15) is 0 Å². The quantitative estimate of drug-likeness (QED) is 0.898. The van der Waals surface area contributed by atoms with Crippen molar-refractivity contribution < 1.29 is 9.90 Å². The molecule has 1 fully saturated rings. The number of carbonyl (C=O) groups excluding carboxylic acids is 1.